The zero-order valence-electron chi connectivity index (χ0n) is 23.4. The van der Waals surface area contributed by atoms with E-state index in [4.69, 9.17) is 4.74 Å². The van der Waals surface area contributed by atoms with E-state index in [1.807, 2.05) is 16.8 Å². The summed E-state index contributed by atoms with van der Waals surface area (Å²) in [5.41, 5.74) is 5.49. The Morgan fingerprint density at radius 2 is 1.95 bits per heavy atom. The second kappa shape index (κ2) is 9.42. The highest BCUT2D eigenvalue weighted by Crippen LogP contribution is 2.40. The molecule has 1 amide bonds. The SMILES string of the molecule is Cn1cc(-c2ccnc(N3CCn4c(cc5c4CC(C)(C)C5)C3=O)c2CO)cc(Nc2cn(C3COC3)cn2)c1=O. The number of aryl methyl sites for hydroxylation is 1. The quantitative estimate of drug-likeness (QED) is 0.375. The van der Waals surface area contributed by atoms with E-state index in [1.165, 1.54) is 15.8 Å². The van der Waals surface area contributed by atoms with E-state index in [2.05, 4.69) is 33.7 Å². The summed E-state index contributed by atoms with van der Waals surface area (Å²) in [5.74, 6) is 0.881. The Morgan fingerprint density at radius 3 is 2.71 bits per heavy atom. The van der Waals surface area contributed by atoms with Crippen molar-refractivity contribution in [2.75, 3.05) is 30.0 Å². The van der Waals surface area contributed by atoms with Gasteiger partial charge in [0.1, 0.15) is 23.0 Å². The van der Waals surface area contributed by atoms with Gasteiger partial charge < -0.3 is 28.9 Å². The van der Waals surface area contributed by atoms with Crippen LogP contribution in [-0.2, 0) is 37.8 Å². The van der Waals surface area contributed by atoms with Gasteiger partial charge in [-0.2, -0.15) is 0 Å². The van der Waals surface area contributed by atoms with E-state index in [0.717, 1.165) is 12.8 Å². The normalized spacial score (nSPS) is 17.9. The fourth-order valence-electron chi connectivity index (χ4n) is 6.34. The molecule has 212 valence electrons. The fraction of sp³-hybridized carbons (Fsp3) is 0.400. The minimum absolute atomic E-state index is 0.113. The van der Waals surface area contributed by atoms with Gasteiger partial charge in [-0.15, -0.1) is 0 Å². The van der Waals surface area contributed by atoms with Crippen LogP contribution in [0, 0.1) is 5.41 Å². The maximum atomic E-state index is 13.7. The monoisotopic (exact) mass is 555 g/mol. The predicted octanol–water partition coefficient (Wildman–Crippen LogP) is 3.04. The van der Waals surface area contributed by atoms with Gasteiger partial charge in [0.25, 0.3) is 11.5 Å². The largest absolute Gasteiger partial charge is 0.392 e. The van der Waals surface area contributed by atoms with Crippen LogP contribution in [0.3, 0.4) is 0 Å². The molecule has 0 atom stereocenters. The summed E-state index contributed by atoms with van der Waals surface area (Å²) >= 11 is 0. The van der Waals surface area contributed by atoms with E-state index in [-0.39, 0.29) is 29.5 Å². The number of carbonyl (C=O) groups is 1. The van der Waals surface area contributed by atoms with Crippen LogP contribution in [0.15, 0.2) is 47.9 Å². The molecule has 6 heterocycles. The first-order valence-electron chi connectivity index (χ1n) is 13.9. The number of rotatable bonds is 6. The van der Waals surface area contributed by atoms with Gasteiger partial charge in [0, 0.05) is 55.5 Å². The van der Waals surface area contributed by atoms with Crippen LogP contribution in [0.4, 0.5) is 17.3 Å². The Hall–Kier alpha value is -4.22. The Morgan fingerprint density at radius 1 is 1.12 bits per heavy atom. The molecule has 0 spiro atoms. The molecule has 7 rings (SSSR count). The summed E-state index contributed by atoms with van der Waals surface area (Å²) in [6.45, 7) is 6.64. The number of ether oxygens (including phenoxy) is 1. The van der Waals surface area contributed by atoms with Gasteiger partial charge >= 0.3 is 0 Å². The summed E-state index contributed by atoms with van der Waals surface area (Å²) in [6, 6.07) is 5.84. The standard InChI is InChI=1S/C30H33N7O4/c1-30(2)10-18-9-24-29(40)37(7-6-36(24)25(18)11-30)27-22(14-38)21(4-5-31-27)19-8-23(28(39)34(3)12-19)33-26-13-35(17-32-26)20-15-41-16-20/h4-5,8-9,12-13,17,20,33,38H,6-7,10-11,14-16H2,1-3H3. The third kappa shape index (κ3) is 4.27. The molecule has 1 fully saturated rings. The van der Waals surface area contributed by atoms with Crippen molar-refractivity contribution in [1.29, 1.82) is 0 Å². The first kappa shape index (κ1) is 25.7. The van der Waals surface area contributed by atoms with Gasteiger partial charge in [0.05, 0.1) is 32.2 Å². The third-order valence-electron chi connectivity index (χ3n) is 8.47. The number of imidazole rings is 1. The summed E-state index contributed by atoms with van der Waals surface area (Å²) in [4.78, 5) is 37.4. The van der Waals surface area contributed by atoms with Gasteiger partial charge in [0.15, 0.2) is 0 Å². The molecule has 4 aromatic rings. The molecular formula is C30H33N7O4. The van der Waals surface area contributed by atoms with Crippen LogP contribution in [0.25, 0.3) is 11.1 Å². The van der Waals surface area contributed by atoms with Gasteiger partial charge in [-0.3, -0.25) is 14.5 Å². The molecule has 0 unspecified atom stereocenters. The lowest BCUT2D eigenvalue weighted by Gasteiger charge is -2.31. The molecule has 0 radical (unpaired) electrons. The number of aromatic nitrogens is 5. The summed E-state index contributed by atoms with van der Waals surface area (Å²) in [5, 5.41) is 13.7. The zero-order valence-corrected chi connectivity index (χ0v) is 23.4. The number of hydrogen-bond donors (Lipinski definition) is 2. The van der Waals surface area contributed by atoms with Crippen molar-refractivity contribution in [2.24, 2.45) is 12.5 Å². The summed E-state index contributed by atoms with van der Waals surface area (Å²) in [6.07, 6.45) is 8.88. The van der Waals surface area contributed by atoms with Crippen molar-refractivity contribution < 1.29 is 14.6 Å². The maximum absolute atomic E-state index is 13.7. The fourth-order valence-corrected chi connectivity index (χ4v) is 6.34. The average Bonchev–Trinajstić information content (AvgIpc) is 3.58. The second-order valence-corrected chi connectivity index (χ2v) is 12.0. The lowest BCUT2D eigenvalue weighted by molar-refractivity contribution is -0.0233. The number of anilines is 3. The van der Waals surface area contributed by atoms with Crippen LogP contribution < -0.4 is 15.8 Å². The van der Waals surface area contributed by atoms with Gasteiger partial charge in [-0.25, -0.2) is 9.97 Å². The minimum atomic E-state index is -0.312. The Kier molecular flexibility index (Phi) is 5.91. The molecule has 2 aliphatic heterocycles. The van der Waals surface area contributed by atoms with Crippen LogP contribution in [0.2, 0.25) is 0 Å². The van der Waals surface area contributed by atoms with Crippen molar-refractivity contribution in [1.82, 2.24) is 23.7 Å². The number of amides is 1. The molecule has 1 saturated heterocycles. The van der Waals surface area contributed by atoms with E-state index >= 15 is 0 Å². The van der Waals surface area contributed by atoms with Crippen molar-refractivity contribution in [3.05, 3.63) is 76.0 Å². The molecule has 11 heteroatoms. The van der Waals surface area contributed by atoms with Crippen molar-refractivity contribution in [2.45, 2.75) is 45.9 Å². The zero-order chi connectivity index (χ0) is 28.5. The Balaban J connectivity index is 1.22. The predicted molar refractivity (Wildman–Crippen MR) is 153 cm³/mol. The highest BCUT2D eigenvalue weighted by atomic mass is 16.5. The molecular weight excluding hydrogens is 522 g/mol. The number of fused-ring (bicyclic) bond motifs is 3. The Labute approximate surface area is 237 Å². The van der Waals surface area contributed by atoms with Crippen molar-refractivity contribution in [3.8, 4) is 11.1 Å². The van der Waals surface area contributed by atoms with Crippen LogP contribution >= 0.6 is 0 Å². The molecule has 2 N–H and O–H groups in total. The number of aliphatic hydroxyl groups excluding tert-OH is 1. The molecule has 3 aliphatic rings. The van der Waals surface area contributed by atoms with Gasteiger partial charge in [0.2, 0.25) is 0 Å². The van der Waals surface area contributed by atoms with E-state index in [1.54, 1.807) is 42.8 Å². The first-order valence-corrected chi connectivity index (χ1v) is 13.9. The lowest BCUT2D eigenvalue weighted by atomic mass is 9.90. The summed E-state index contributed by atoms with van der Waals surface area (Å²) in [7, 11) is 1.69. The number of nitrogens with zero attached hydrogens (tertiary/aromatic N) is 6. The van der Waals surface area contributed by atoms with Crippen LogP contribution in [-0.4, -0.2) is 54.4 Å². The molecule has 4 aromatic heterocycles. The first-order chi connectivity index (χ1) is 19.7. The Bertz CT molecular complexity index is 1740. The van der Waals surface area contributed by atoms with Gasteiger partial charge in [-0.1, -0.05) is 13.8 Å². The van der Waals surface area contributed by atoms with Crippen LogP contribution in [0.1, 0.15) is 47.2 Å². The summed E-state index contributed by atoms with van der Waals surface area (Å²) < 4.78 is 10.9. The minimum Gasteiger partial charge on any atom is -0.392 e. The molecule has 1 aliphatic carbocycles. The van der Waals surface area contributed by atoms with Crippen molar-refractivity contribution >= 4 is 23.2 Å². The van der Waals surface area contributed by atoms with E-state index < -0.39 is 0 Å². The topological polar surface area (TPSA) is 119 Å². The molecule has 0 saturated carbocycles. The molecule has 41 heavy (non-hydrogen) atoms. The number of aliphatic hydroxyl groups is 1. The highest BCUT2D eigenvalue weighted by Gasteiger charge is 2.37. The maximum Gasteiger partial charge on any atom is 0.276 e. The van der Waals surface area contributed by atoms with Crippen molar-refractivity contribution in [3.63, 3.8) is 0 Å². The number of pyridine rings is 2. The number of hydrogen-bond acceptors (Lipinski definition) is 7. The highest BCUT2D eigenvalue weighted by molar-refractivity contribution is 6.06. The third-order valence-corrected chi connectivity index (χ3v) is 8.47. The van der Waals surface area contributed by atoms with Crippen LogP contribution in [0.5, 0.6) is 0 Å². The smallest absolute Gasteiger partial charge is 0.276 e. The molecule has 0 bridgehead atoms. The van der Waals surface area contributed by atoms with Gasteiger partial charge in [-0.05, 0) is 47.6 Å². The molecule has 11 nitrogen and oxygen atoms in total. The number of carbonyl (C=O) groups excluding carboxylic acids is 1. The lowest BCUT2D eigenvalue weighted by Crippen LogP contribution is -2.41. The average molecular weight is 556 g/mol. The number of nitrogens with one attached hydrogen (secondary N) is 1. The molecule has 0 aromatic carbocycles. The van der Waals surface area contributed by atoms with E-state index in [9.17, 15) is 14.7 Å². The second-order valence-electron chi connectivity index (χ2n) is 12.0. The van der Waals surface area contributed by atoms with E-state index in [0.29, 0.717) is 66.0 Å².